The van der Waals surface area contributed by atoms with E-state index in [-0.39, 0.29) is 10.8 Å². The van der Waals surface area contributed by atoms with Gasteiger partial charge in [0.05, 0.1) is 13.2 Å². The third-order valence-corrected chi connectivity index (χ3v) is 8.51. The first-order chi connectivity index (χ1) is 27.3. The Bertz CT molecular complexity index is 1660. The molecule has 0 fully saturated rings. The zero-order chi connectivity index (χ0) is 44.8. The fraction of sp³-hybridized carbons (Fsp3) is 0.491. The first-order valence-electron chi connectivity index (χ1n) is 21.6. The molecule has 5 rings (SSSR count). The number of aromatic nitrogens is 2. The van der Waals surface area contributed by atoms with E-state index < -0.39 is 0 Å². The highest BCUT2D eigenvalue weighted by atomic mass is 16.5. The molecule has 0 aliphatic rings. The maximum atomic E-state index is 5.44. The highest BCUT2D eigenvalue weighted by Crippen LogP contribution is 2.26. The molecule has 0 amide bonds. The summed E-state index contributed by atoms with van der Waals surface area (Å²) in [6, 6.07) is 37.4. The molecular weight excluding hydrogens is 721 g/mol. The van der Waals surface area contributed by atoms with Crippen LogP contribution in [0.5, 0.6) is 11.5 Å². The van der Waals surface area contributed by atoms with Crippen LogP contribution in [0.4, 0.5) is 0 Å². The van der Waals surface area contributed by atoms with Gasteiger partial charge in [-0.15, -0.1) is 0 Å². The molecular formula is C55H82N2O2. The minimum absolute atomic E-state index is 0.201. The molecule has 0 aliphatic carbocycles. The molecule has 2 aromatic heterocycles. The van der Waals surface area contributed by atoms with E-state index in [1.54, 1.807) is 0 Å². The summed E-state index contributed by atoms with van der Waals surface area (Å²) in [5, 5.41) is 0. The molecule has 0 bridgehead atoms. The Kier molecular flexibility index (Phi) is 22.5. The van der Waals surface area contributed by atoms with Gasteiger partial charge in [-0.1, -0.05) is 171 Å². The van der Waals surface area contributed by atoms with Crippen molar-refractivity contribution in [2.24, 2.45) is 16.2 Å². The summed E-state index contributed by atoms with van der Waals surface area (Å²) >= 11 is 0. The van der Waals surface area contributed by atoms with Crippen molar-refractivity contribution in [1.29, 1.82) is 0 Å². The van der Waals surface area contributed by atoms with Crippen molar-refractivity contribution in [3.05, 3.63) is 156 Å². The smallest absolute Gasteiger partial charge is 0.119 e. The van der Waals surface area contributed by atoms with Crippen LogP contribution in [-0.4, -0.2) is 23.2 Å². The number of ether oxygens (including phenoxy) is 2. The Morgan fingerprint density at radius 2 is 0.932 bits per heavy atom. The molecule has 0 unspecified atom stereocenters. The van der Waals surface area contributed by atoms with E-state index in [0.29, 0.717) is 16.2 Å². The number of hydrogen-bond acceptors (Lipinski definition) is 4. The number of rotatable bonds is 7. The average Bonchev–Trinajstić information content (AvgIpc) is 3.12. The monoisotopic (exact) mass is 803 g/mol. The lowest BCUT2D eigenvalue weighted by Crippen LogP contribution is -2.10. The maximum absolute atomic E-state index is 5.44. The van der Waals surface area contributed by atoms with Gasteiger partial charge >= 0.3 is 0 Å². The van der Waals surface area contributed by atoms with E-state index in [1.807, 2.05) is 74.9 Å². The van der Waals surface area contributed by atoms with Gasteiger partial charge in [0, 0.05) is 24.3 Å². The van der Waals surface area contributed by atoms with Crippen molar-refractivity contribution >= 4 is 0 Å². The largest absolute Gasteiger partial charge is 0.494 e. The van der Waals surface area contributed by atoms with Crippen LogP contribution in [0.2, 0.25) is 0 Å². The number of benzene rings is 3. The van der Waals surface area contributed by atoms with Gasteiger partial charge in [0.15, 0.2) is 0 Å². The van der Waals surface area contributed by atoms with Gasteiger partial charge in [-0.3, -0.25) is 9.97 Å². The lowest BCUT2D eigenvalue weighted by atomic mass is 9.87. The second kappa shape index (κ2) is 25.2. The van der Waals surface area contributed by atoms with Gasteiger partial charge in [0.25, 0.3) is 0 Å². The maximum Gasteiger partial charge on any atom is 0.119 e. The Balaban J connectivity index is 0.000000370. The van der Waals surface area contributed by atoms with E-state index in [4.69, 9.17) is 9.47 Å². The van der Waals surface area contributed by atoms with Crippen molar-refractivity contribution in [2.75, 3.05) is 13.2 Å². The average molecular weight is 803 g/mol. The Labute approximate surface area is 362 Å². The zero-order valence-electron chi connectivity index (χ0n) is 40.4. The molecule has 4 heteroatoms. The lowest BCUT2D eigenvalue weighted by Gasteiger charge is -2.19. The second-order valence-electron chi connectivity index (χ2n) is 20.8. The Hall–Kier alpha value is -4.44. The molecule has 0 saturated carbocycles. The van der Waals surface area contributed by atoms with Crippen molar-refractivity contribution < 1.29 is 9.47 Å². The van der Waals surface area contributed by atoms with Gasteiger partial charge in [0.1, 0.15) is 11.5 Å². The zero-order valence-corrected chi connectivity index (χ0v) is 40.4. The van der Waals surface area contributed by atoms with Gasteiger partial charge in [-0.2, -0.15) is 0 Å². The van der Waals surface area contributed by atoms with Crippen LogP contribution in [0.15, 0.2) is 128 Å². The minimum Gasteiger partial charge on any atom is -0.494 e. The van der Waals surface area contributed by atoms with E-state index in [2.05, 4.69) is 181 Å². The summed E-state index contributed by atoms with van der Waals surface area (Å²) in [5.74, 6) is 1.92. The number of pyridine rings is 2. The number of nitrogens with zero attached hydrogens (tertiary/aromatic N) is 2. The highest BCUT2D eigenvalue weighted by Gasteiger charge is 2.15. The summed E-state index contributed by atoms with van der Waals surface area (Å²) in [7, 11) is 0. The normalized spacial score (nSPS) is 11.5. The van der Waals surface area contributed by atoms with E-state index in [9.17, 15) is 0 Å². The fourth-order valence-electron chi connectivity index (χ4n) is 5.81. The quantitative estimate of drug-likeness (QED) is 0.164. The van der Waals surface area contributed by atoms with Crippen LogP contribution in [0.3, 0.4) is 0 Å². The minimum atomic E-state index is 0.201. The van der Waals surface area contributed by atoms with Crippen molar-refractivity contribution in [2.45, 2.75) is 148 Å². The SMILES string of the molecule is CC(C)(C)Cc1ccccc1.CC(C)(C)Cc1ccccn1.CC(C)(C)Cc1cccnc1.CCOc1ccc(C(C)(C)C)cc1.CCOc1cccc(C(C)(C)C)c1. The fourth-order valence-corrected chi connectivity index (χ4v) is 5.81. The van der Waals surface area contributed by atoms with Crippen molar-refractivity contribution in [3.8, 4) is 11.5 Å². The van der Waals surface area contributed by atoms with Gasteiger partial charge in [-0.05, 0) is 125 Å². The van der Waals surface area contributed by atoms with Crippen LogP contribution < -0.4 is 9.47 Å². The van der Waals surface area contributed by atoms with Gasteiger partial charge < -0.3 is 9.47 Å². The molecule has 0 atom stereocenters. The summed E-state index contributed by atoms with van der Waals surface area (Å²) < 4.78 is 10.8. The molecule has 3 aromatic carbocycles. The topological polar surface area (TPSA) is 44.2 Å². The molecule has 324 valence electrons. The summed E-state index contributed by atoms with van der Waals surface area (Å²) in [6.45, 7) is 38.9. The summed E-state index contributed by atoms with van der Waals surface area (Å²) in [6.07, 6.45) is 8.90. The predicted octanol–water partition coefficient (Wildman–Crippen LogP) is 15.4. The van der Waals surface area contributed by atoms with Gasteiger partial charge in [-0.25, -0.2) is 0 Å². The van der Waals surface area contributed by atoms with Crippen molar-refractivity contribution in [1.82, 2.24) is 9.97 Å². The van der Waals surface area contributed by atoms with Crippen LogP contribution in [0.1, 0.15) is 146 Å². The van der Waals surface area contributed by atoms with Crippen molar-refractivity contribution in [3.63, 3.8) is 0 Å². The van der Waals surface area contributed by atoms with Crippen LogP contribution in [0, 0.1) is 16.2 Å². The third-order valence-electron chi connectivity index (χ3n) is 8.51. The molecule has 0 saturated heterocycles. The van der Waals surface area contributed by atoms with Crippen LogP contribution in [0.25, 0.3) is 0 Å². The van der Waals surface area contributed by atoms with Crippen LogP contribution >= 0.6 is 0 Å². The molecule has 0 spiro atoms. The standard InChI is InChI=1S/2C12H18O.C11H16.2C10H15N/c1-5-13-11-8-6-10(7-9-11)12(2,3)4;1-5-13-11-8-6-7-10(9-11)12(2,3)4;1-11(2,3)9-10-7-5-4-6-8-10;1-10(2,3)7-9-5-4-6-11-8-9;1-10(2,3)8-9-6-4-5-7-11-9/h2*6-9H,5H2,1-4H3;4-8H,9H2,1-3H3;4-6,8H,7H2,1-3H3;4-7H,8H2,1-3H3. The molecule has 0 aliphatic heterocycles. The lowest BCUT2D eigenvalue weighted by molar-refractivity contribution is 0.339. The molecule has 0 radical (unpaired) electrons. The first-order valence-corrected chi connectivity index (χ1v) is 21.6. The van der Waals surface area contributed by atoms with Crippen LogP contribution in [-0.2, 0) is 30.1 Å². The molecule has 4 nitrogen and oxygen atoms in total. The molecule has 2 heterocycles. The predicted molar refractivity (Wildman–Crippen MR) is 257 cm³/mol. The molecule has 0 N–H and O–H groups in total. The third kappa shape index (κ3) is 27.0. The first kappa shape index (κ1) is 52.6. The van der Waals surface area contributed by atoms with E-state index in [1.165, 1.54) is 27.9 Å². The summed E-state index contributed by atoms with van der Waals surface area (Å²) in [5.41, 5.74) is 8.13. The van der Waals surface area contributed by atoms with E-state index in [0.717, 1.165) is 44.0 Å². The van der Waals surface area contributed by atoms with E-state index >= 15 is 0 Å². The highest BCUT2D eigenvalue weighted by molar-refractivity contribution is 5.33. The number of hydrogen-bond donors (Lipinski definition) is 0. The second-order valence-corrected chi connectivity index (χ2v) is 20.8. The molecule has 59 heavy (non-hydrogen) atoms. The molecule has 5 aromatic rings. The van der Waals surface area contributed by atoms with Gasteiger partial charge in [0.2, 0.25) is 0 Å². The summed E-state index contributed by atoms with van der Waals surface area (Å²) in [4.78, 5) is 8.33. The Morgan fingerprint density at radius 1 is 0.424 bits per heavy atom. The Morgan fingerprint density at radius 3 is 1.39 bits per heavy atom.